The smallest absolute Gasteiger partial charge is 0.288 e. The summed E-state index contributed by atoms with van der Waals surface area (Å²) < 4.78 is 6.74. The van der Waals surface area contributed by atoms with Crippen molar-refractivity contribution in [2.45, 2.75) is 44.1 Å². The Balaban J connectivity index is 1.65. The Kier molecular flexibility index (Phi) is 3.88. The maximum Gasteiger partial charge on any atom is 0.288 e. The Morgan fingerprint density at radius 1 is 1.30 bits per heavy atom. The Bertz CT molecular complexity index is 622. The van der Waals surface area contributed by atoms with Gasteiger partial charge in [0.25, 0.3) is 5.56 Å². The van der Waals surface area contributed by atoms with Gasteiger partial charge in [-0.3, -0.25) is 4.79 Å². The molecule has 1 heterocycles. The molecule has 0 radical (unpaired) electrons. The fourth-order valence-electron chi connectivity index (χ4n) is 5.51. The first-order valence-corrected chi connectivity index (χ1v) is 9.00. The van der Waals surface area contributed by atoms with Crippen LogP contribution in [0.25, 0.3) is 0 Å². The SMILES string of the molecule is COCCNc1cnn(C23CC4CC(CC(C4)C2)C3)c(=O)c1Cl. The van der Waals surface area contributed by atoms with Gasteiger partial charge in [-0.1, -0.05) is 11.6 Å². The molecule has 0 aliphatic heterocycles. The van der Waals surface area contributed by atoms with Crippen LogP contribution < -0.4 is 10.9 Å². The number of hydrogen-bond acceptors (Lipinski definition) is 4. The number of nitrogens with one attached hydrogen (secondary N) is 1. The average molecular weight is 338 g/mol. The summed E-state index contributed by atoms with van der Waals surface area (Å²) >= 11 is 6.34. The minimum atomic E-state index is -0.143. The highest BCUT2D eigenvalue weighted by molar-refractivity contribution is 6.32. The first-order valence-electron chi connectivity index (χ1n) is 8.62. The van der Waals surface area contributed by atoms with E-state index in [0.29, 0.717) is 18.8 Å². The lowest BCUT2D eigenvalue weighted by Crippen LogP contribution is -2.55. The highest BCUT2D eigenvalue weighted by atomic mass is 35.5. The fourth-order valence-corrected chi connectivity index (χ4v) is 5.70. The molecule has 4 fully saturated rings. The molecule has 1 N–H and O–H groups in total. The standard InChI is InChI=1S/C17H24ClN3O2/c1-23-3-2-19-14-10-20-21(16(22)15(14)18)17-7-11-4-12(8-17)6-13(5-11)9-17/h10-13,19H,2-9H2,1H3. The molecule has 4 bridgehead atoms. The molecule has 5 nitrogen and oxygen atoms in total. The summed E-state index contributed by atoms with van der Waals surface area (Å²) in [6, 6.07) is 0. The Morgan fingerprint density at radius 2 is 1.91 bits per heavy atom. The lowest BCUT2D eigenvalue weighted by atomic mass is 9.53. The number of rotatable bonds is 5. The second kappa shape index (κ2) is 5.78. The summed E-state index contributed by atoms with van der Waals surface area (Å²) in [5.74, 6) is 2.31. The second-order valence-corrected chi connectivity index (χ2v) is 8.03. The minimum absolute atomic E-state index is 0.0828. The van der Waals surface area contributed by atoms with Crippen LogP contribution in [0, 0.1) is 17.8 Å². The largest absolute Gasteiger partial charge is 0.383 e. The molecule has 1 aromatic heterocycles. The van der Waals surface area contributed by atoms with Gasteiger partial charge in [0, 0.05) is 13.7 Å². The number of aromatic nitrogens is 2. The highest BCUT2D eigenvalue weighted by Gasteiger charge is 2.53. The summed E-state index contributed by atoms with van der Waals surface area (Å²) in [4.78, 5) is 12.8. The molecule has 4 aliphatic rings. The molecule has 0 saturated heterocycles. The molecule has 0 aromatic carbocycles. The van der Waals surface area contributed by atoms with Crippen LogP contribution >= 0.6 is 11.6 Å². The molecule has 23 heavy (non-hydrogen) atoms. The molecule has 126 valence electrons. The Hall–Kier alpha value is -1.07. The van der Waals surface area contributed by atoms with E-state index in [1.807, 2.05) is 0 Å². The van der Waals surface area contributed by atoms with E-state index in [0.717, 1.165) is 37.0 Å². The molecule has 0 unspecified atom stereocenters. The van der Waals surface area contributed by atoms with Crippen LogP contribution in [0.4, 0.5) is 5.69 Å². The predicted octanol–water partition coefficient (Wildman–Crippen LogP) is 2.88. The molecule has 4 aliphatic carbocycles. The van der Waals surface area contributed by atoms with Crippen LogP contribution in [-0.2, 0) is 10.3 Å². The molecule has 4 saturated carbocycles. The van der Waals surface area contributed by atoms with Gasteiger partial charge < -0.3 is 10.1 Å². The number of hydrogen-bond donors (Lipinski definition) is 1. The summed E-state index contributed by atoms with van der Waals surface area (Å²) in [6.07, 6.45) is 9.03. The zero-order chi connectivity index (χ0) is 16.0. The van der Waals surface area contributed by atoms with Crippen molar-refractivity contribution in [2.24, 2.45) is 17.8 Å². The van der Waals surface area contributed by atoms with E-state index in [9.17, 15) is 4.79 Å². The lowest BCUT2D eigenvalue weighted by Gasteiger charge is -2.56. The number of anilines is 1. The topological polar surface area (TPSA) is 56.1 Å². The molecule has 0 amide bonds. The molecular weight excluding hydrogens is 314 g/mol. The molecule has 0 atom stereocenters. The number of halogens is 1. The van der Waals surface area contributed by atoms with E-state index < -0.39 is 0 Å². The fraction of sp³-hybridized carbons (Fsp3) is 0.765. The van der Waals surface area contributed by atoms with Crippen molar-refractivity contribution in [3.63, 3.8) is 0 Å². The summed E-state index contributed by atoms with van der Waals surface area (Å²) in [7, 11) is 1.65. The molecule has 1 aromatic rings. The van der Waals surface area contributed by atoms with Crippen molar-refractivity contribution in [2.75, 3.05) is 25.6 Å². The monoisotopic (exact) mass is 337 g/mol. The highest BCUT2D eigenvalue weighted by Crippen LogP contribution is 2.58. The van der Waals surface area contributed by atoms with Crippen molar-refractivity contribution in [3.8, 4) is 0 Å². The third-order valence-corrected chi connectivity index (χ3v) is 6.36. The second-order valence-electron chi connectivity index (χ2n) is 7.65. The third-order valence-electron chi connectivity index (χ3n) is 6.00. The van der Waals surface area contributed by atoms with Crippen LogP contribution in [0.1, 0.15) is 38.5 Å². The van der Waals surface area contributed by atoms with Crippen LogP contribution in [0.2, 0.25) is 5.02 Å². The average Bonchev–Trinajstić information content (AvgIpc) is 2.50. The molecular formula is C17H24ClN3O2. The summed E-state index contributed by atoms with van der Waals surface area (Å²) in [6.45, 7) is 1.17. The quantitative estimate of drug-likeness (QED) is 0.839. The maximum absolute atomic E-state index is 12.8. The lowest BCUT2D eigenvalue weighted by molar-refractivity contribution is -0.0518. The van der Waals surface area contributed by atoms with Gasteiger partial charge in [-0.25, -0.2) is 4.68 Å². The van der Waals surface area contributed by atoms with E-state index in [1.54, 1.807) is 18.0 Å². The van der Waals surface area contributed by atoms with Crippen LogP contribution in [0.5, 0.6) is 0 Å². The molecule has 6 heteroatoms. The van der Waals surface area contributed by atoms with Crippen molar-refractivity contribution in [1.82, 2.24) is 9.78 Å². The summed E-state index contributed by atoms with van der Waals surface area (Å²) in [5.41, 5.74) is 0.381. The van der Waals surface area contributed by atoms with Crippen molar-refractivity contribution in [1.29, 1.82) is 0 Å². The number of ether oxygens (including phenoxy) is 1. The molecule has 0 spiro atoms. The van der Waals surface area contributed by atoms with Gasteiger partial charge in [-0.05, 0) is 56.3 Å². The van der Waals surface area contributed by atoms with E-state index in [2.05, 4.69) is 10.4 Å². The van der Waals surface area contributed by atoms with Crippen molar-refractivity contribution >= 4 is 17.3 Å². The van der Waals surface area contributed by atoms with Gasteiger partial charge >= 0.3 is 0 Å². The van der Waals surface area contributed by atoms with Gasteiger partial charge in [-0.15, -0.1) is 0 Å². The summed E-state index contributed by atoms with van der Waals surface area (Å²) in [5, 5.41) is 7.90. The van der Waals surface area contributed by atoms with Gasteiger partial charge in [0.1, 0.15) is 5.02 Å². The van der Waals surface area contributed by atoms with Crippen LogP contribution in [0.15, 0.2) is 11.0 Å². The molecule has 5 rings (SSSR count). The van der Waals surface area contributed by atoms with E-state index in [1.165, 1.54) is 19.3 Å². The van der Waals surface area contributed by atoms with Gasteiger partial charge in [0.15, 0.2) is 0 Å². The zero-order valence-electron chi connectivity index (χ0n) is 13.6. The van der Waals surface area contributed by atoms with E-state index >= 15 is 0 Å². The van der Waals surface area contributed by atoms with Crippen LogP contribution in [-0.4, -0.2) is 30.0 Å². The van der Waals surface area contributed by atoms with Gasteiger partial charge in [-0.2, -0.15) is 5.10 Å². The zero-order valence-corrected chi connectivity index (χ0v) is 14.3. The van der Waals surface area contributed by atoms with E-state index in [4.69, 9.17) is 16.3 Å². The Labute approximate surface area is 141 Å². The maximum atomic E-state index is 12.8. The van der Waals surface area contributed by atoms with E-state index in [-0.39, 0.29) is 16.1 Å². The minimum Gasteiger partial charge on any atom is -0.383 e. The predicted molar refractivity (Wildman–Crippen MR) is 90.0 cm³/mol. The van der Waals surface area contributed by atoms with Crippen molar-refractivity contribution < 1.29 is 4.74 Å². The number of nitrogens with zero attached hydrogens (tertiary/aromatic N) is 2. The number of methoxy groups -OCH3 is 1. The van der Waals surface area contributed by atoms with Crippen LogP contribution in [0.3, 0.4) is 0 Å². The first-order chi connectivity index (χ1) is 11.1. The Morgan fingerprint density at radius 3 is 2.48 bits per heavy atom. The van der Waals surface area contributed by atoms with Gasteiger partial charge in [0.2, 0.25) is 0 Å². The van der Waals surface area contributed by atoms with Gasteiger partial charge in [0.05, 0.1) is 24.0 Å². The third kappa shape index (κ3) is 2.58. The van der Waals surface area contributed by atoms with Crippen molar-refractivity contribution in [3.05, 3.63) is 21.6 Å². The normalized spacial score (nSPS) is 34.8. The first kappa shape index (κ1) is 15.5.